The van der Waals surface area contributed by atoms with Gasteiger partial charge in [0.25, 0.3) is 0 Å². The average Bonchev–Trinajstić information content (AvgIpc) is 2.78. The van der Waals surface area contributed by atoms with Gasteiger partial charge >= 0.3 is 0 Å². The maximum absolute atomic E-state index is 10.8. The topological polar surface area (TPSA) is 82.2 Å². The highest BCUT2D eigenvalue weighted by Gasteiger charge is 2.14. The molecule has 5 heteroatoms. The molecule has 0 aliphatic heterocycles. The molecular formula is C13H13BrN2O2. The predicted molar refractivity (Wildman–Crippen MR) is 72.6 cm³/mol. The molecule has 4 N–H and O–H groups in total. The lowest BCUT2D eigenvalue weighted by Crippen LogP contribution is -2.20. The molecule has 2 aromatic rings. The molecule has 2 rings (SSSR count). The molecule has 0 saturated heterocycles. The van der Waals surface area contributed by atoms with Crippen LogP contribution >= 0.6 is 15.9 Å². The van der Waals surface area contributed by atoms with Crippen LogP contribution in [0.3, 0.4) is 0 Å². The van der Waals surface area contributed by atoms with Crippen molar-refractivity contribution >= 4 is 21.8 Å². The van der Waals surface area contributed by atoms with Crippen LogP contribution in [0, 0.1) is 0 Å². The number of amides is 1. The number of carbonyl (C=O) groups is 1. The zero-order valence-electron chi connectivity index (χ0n) is 9.60. The zero-order chi connectivity index (χ0) is 13.1. The van der Waals surface area contributed by atoms with Crippen molar-refractivity contribution in [3.05, 3.63) is 46.6 Å². The summed E-state index contributed by atoms with van der Waals surface area (Å²) in [6, 6.07) is 10.8. The Labute approximate surface area is 113 Å². The van der Waals surface area contributed by atoms with Crippen LogP contribution in [0.1, 0.15) is 18.2 Å². The van der Waals surface area contributed by atoms with Gasteiger partial charge in [-0.3, -0.25) is 4.79 Å². The molecule has 1 unspecified atom stereocenters. The molecule has 18 heavy (non-hydrogen) atoms. The number of rotatable bonds is 4. The third kappa shape index (κ3) is 3.00. The van der Waals surface area contributed by atoms with Crippen LogP contribution in [0.2, 0.25) is 0 Å². The lowest BCUT2D eigenvalue weighted by Gasteiger charge is -2.05. The summed E-state index contributed by atoms with van der Waals surface area (Å²) in [4.78, 5) is 10.8. The van der Waals surface area contributed by atoms with E-state index in [9.17, 15) is 4.79 Å². The van der Waals surface area contributed by atoms with Crippen LogP contribution in [0.4, 0.5) is 0 Å². The first-order valence-electron chi connectivity index (χ1n) is 5.46. The number of nitrogens with two attached hydrogens (primary N) is 2. The van der Waals surface area contributed by atoms with Crippen LogP contribution in [0.25, 0.3) is 11.3 Å². The molecule has 94 valence electrons. The third-order valence-corrected chi connectivity index (χ3v) is 3.07. The Kier molecular flexibility index (Phi) is 3.84. The van der Waals surface area contributed by atoms with Gasteiger partial charge in [0.15, 0.2) is 0 Å². The normalized spacial score (nSPS) is 12.3. The highest BCUT2D eigenvalue weighted by atomic mass is 79.9. The van der Waals surface area contributed by atoms with Gasteiger partial charge < -0.3 is 15.9 Å². The summed E-state index contributed by atoms with van der Waals surface area (Å²) in [6.45, 7) is 0. The minimum atomic E-state index is -0.494. The first-order valence-corrected chi connectivity index (χ1v) is 6.25. The van der Waals surface area contributed by atoms with Gasteiger partial charge in [-0.15, -0.1) is 0 Å². The monoisotopic (exact) mass is 308 g/mol. The minimum absolute atomic E-state index is 0.0767. The van der Waals surface area contributed by atoms with Crippen LogP contribution in [-0.4, -0.2) is 5.91 Å². The molecular weight excluding hydrogens is 296 g/mol. The molecule has 1 aromatic carbocycles. The van der Waals surface area contributed by atoms with Gasteiger partial charge in [-0.25, -0.2) is 0 Å². The van der Waals surface area contributed by atoms with Gasteiger partial charge in [0.2, 0.25) is 5.91 Å². The molecule has 1 heterocycles. The summed E-state index contributed by atoms with van der Waals surface area (Å²) in [6.07, 6.45) is 0.0767. The summed E-state index contributed by atoms with van der Waals surface area (Å²) in [7, 11) is 0. The van der Waals surface area contributed by atoms with Crippen LogP contribution in [0.15, 0.2) is 45.3 Å². The predicted octanol–water partition coefficient (Wildman–Crippen LogP) is 2.58. The lowest BCUT2D eigenvalue weighted by molar-refractivity contribution is -0.118. The fourth-order valence-corrected chi connectivity index (χ4v) is 1.90. The fourth-order valence-electron chi connectivity index (χ4n) is 1.64. The van der Waals surface area contributed by atoms with E-state index >= 15 is 0 Å². The molecule has 0 bridgehead atoms. The van der Waals surface area contributed by atoms with E-state index in [1.54, 1.807) is 6.07 Å². The van der Waals surface area contributed by atoms with Gasteiger partial charge in [0.05, 0.1) is 6.04 Å². The molecule has 0 aliphatic carbocycles. The van der Waals surface area contributed by atoms with Gasteiger partial charge in [-0.05, 0) is 24.3 Å². The first kappa shape index (κ1) is 12.9. The van der Waals surface area contributed by atoms with Crippen molar-refractivity contribution in [3.63, 3.8) is 0 Å². The van der Waals surface area contributed by atoms with Crippen molar-refractivity contribution in [2.45, 2.75) is 12.5 Å². The number of carbonyl (C=O) groups excluding carboxylic acids is 1. The second-order valence-corrected chi connectivity index (χ2v) is 4.90. The fraction of sp³-hybridized carbons (Fsp3) is 0.154. The second kappa shape index (κ2) is 5.37. The minimum Gasteiger partial charge on any atom is -0.459 e. The van der Waals surface area contributed by atoms with E-state index in [-0.39, 0.29) is 6.42 Å². The maximum atomic E-state index is 10.8. The molecule has 0 saturated carbocycles. The Morgan fingerprint density at radius 3 is 2.50 bits per heavy atom. The van der Waals surface area contributed by atoms with Gasteiger partial charge in [-0.1, -0.05) is 28.1 Å². The SMILES string of the molecule is NC(=O)CC(N)c1ccc(-c2ccc(Br)cc2)o1. The van der Waals surface area contributed by atoms with Crippen molar-refractivity contribution in [1.82, 2.24) is 0 Å². The summed E-state index contributed by atoms with van der Waals surface area (Å²) >= 11 is 3.37. The number of benzene rings is 1. The Hall–Kier alpha value is -1.59. The van der Waals surface area contributed by atoms with E-state index in [1.807, 2.05) is 30.3 Å². The summed E-state index contributed by atoms with van der Waals surface area (Å²) in [5.41, 5.74) is 11.9. The maximum Gasteiger partial charge on any atom is 0.219 e. The molecule has 1 atom stereocenters. The van der Waals surface area contributed by atoms with Crippen LogP contribution in [-0.2, 0) is 4.79 Å². The summed E-state index contributed by atoms with van der Waals surface area (Å²) in [5.74, 6) is 0.841. The van der Waals surface area contributed by atoms with Crippen molar-refractivity contribution in [3.8, 4) is 11.3 Å². The number of furan rings is 1. The molecule has 0 radical (unpaired) electrons. The highest BCUT2D eigenvalue weighted by Crippen LogP contribution is 2.26. The smallest absolute Gasteiger partial charge is 0.219 e. The van der Waals surface area contributed by atoms with E-state index in [1.165, 1.54) is 0 Å². The quantitative estimate of drug-likeness (QED) is 0.910. The molecule has 0 fully saturated rings. The van der Waals surface area contributed by atoms with E-state index in [4.69, 9.17) is 15.9 Å². The Morgan fingerprint density at radius 2 is 1.89 bits per heavy atom. The van der Waals surface area contributed by atoms with Crippen molar-refractivity contribution in [1.29, 1.82) is 0 Å². The average molecular weight is 309 g/mol. The van der Waals surface area contributed by atoms with Crippen molar-refractivity contribution < 1.29 is 9.21 Å². The Balaban J connectivity index is 2.19. The summed E-state index contributed by atoms with van der Waals surface area (Å²) < 4.78 is 6.63. The van der Waals surface area contributed by atoms with E-state index in [2.05, 4.69) is 15.9 Å². The van der Waals surface area contributed by atoms with Gasteiger partial charge in [0, 0.05) is 16.5 Å². The van der Waals surface area contributed by atoms with Crippen molar-refractivity contribution in [2.75, 3.05) is 0 Å². The molecule has 4 nitrogen and oxygen atoms in total. The molecule has 1 amide bonds. The summed E-state index contributed by atoms with van der Waals surface area (Å²) in [5, 5.41) is 0. The standard InChI is InChI=1S/C13H13BrN2O2/c14-9-3-1-8(2-4-9)11-5-6-12(18-11)10(15)7-13(16)17/h1-6,10H,7,15H2,(H2,16,17). The van der Waals surface area contributed by atoms with Crippen molar-refractivity contribution in [2.24, 2.45) is 11.5 Å². The van der Waals surface area contributed by atoms with E-state index in [0.717, 1.165) is 15.8 Å². The van der Waals surface area contributed by atoms with Crippen LogP contribution in [0.5, 0.6) is 0 Å². The molecule has 0 spiro atoms. The third-order valence-electron chi connectivity index (χ3n) is 2.54. The lowest BCUT2D eigenvalue weighted by atomic mass is 10.1. The van der Waals surface area contributed by atoms with E-state index < -0.39 is 11.9 Å². The Bertz CT molecular complexity index is 548. The van der Waals surface area contributed by atoms with Gasteiger partial charge in [-0.2, -0.15) is 0 Å². The van der Waals surface area contributed by atoms with E-state index in [0.29, 0.717) is 5.76 Å². The zero-order valence-corrected chi connectivity index (χ0v) is 11.2. The number of halogens is 1. The van der Waals surface area contributed by atoms with Gasteiger partial charge in [0.1, 0.15) is 11.5 Å². The molecule has 0 aliphatic rings. The highest BCUT2D eigenvalue weighted by molar-refractivity contribution is 9.10. The number of hydrogen-bond donors (Lipinski definition) is 2. The number of hydrogen-bond acceptors (Lipinski definition) is 3. The Morgan fingerprint density at radius 1 is 1.22 bits per heavy atom. The van der Waals surface area contributed by atoms with Crippen LogP contribution < -0.4 is 11.5 Å². The number of primary amides is 1. The first-order chi connectivity index (χ1) is 8.56. The molecule has 1 aromatic heterocycles. The largest absolute Gasteiger partial charge is 0.459 e. The second-order valence-electron chi connectivity index (χ2n) is 3.99.